The predicted molar refractivity (Wildman–Crippen MR) is 68.1 cm³/mol. The number of rotatable bonds is 6. The Kier molecular flexibility index (Phi) is 5.06. The Morgan fingerprint density at radius 1 is 1.65 bits per heavy atom. The summed E-state index contributed by atoms with van der Waals surface area (Å²) in [7, 11) is 3.70. The zero-order valence-electron chi connectivity index (χ0n) is 10.6. The zero-order valence-corrected chi connectivity index (χ0v) is 10.6. The molecule has 1 atom stereocenters. The van der Waals surface area contributed by atoms with Crippen molar-refractivity contribution < 1.29 is 4.74 Å². The molecular formula is C12H20N4O. The third kappa shape index (κ3) is 4.13. The molecule has 0 aliphatic rings. The molecule has 0 fully saturated rings. The minimum absolute atomic E-state index is 0.00814. The summed E-state index contributed by atoms with van der Waals surface area (Å²) in [5.41, 5.74) is 7.02. The van der Waals surface area contributed by atoms with E-state index in [9.17, 15) is 0 Å². The summed E-state index contributed by atoms with van der Waals surface area (Å²) in [6, 6.07) is 3.80. The molecule has 17 heavy (non-hydrogen) atoms. The molecular weight excluding hydrogens is 216 g/mol. The molecule has 5 heteroatoms. The van der Waals surface area contributed by atoms with Gasteiger partial charge in [0.15, 0.2) is 0 Å². The maximum Gasteiger partial charge on any atom is 0.142 e. The number of nitrogen functional groups attached to an aromatic ring is 1. The molecule has 1 aromatic heterocycles. The molecule has 0 aromatic carbocycles. The van der Waals surface area contributed by atoms with Crippen molar-refractivity contribution in [3.05, 3.63) is 29.6 Å². The number of methoxy groups -OCH3 is 1. The molecule has 0 saturated carbocycles. The van der Waals surface area contributed by atoms with Crippen LogP contribution in [0.5, 0.6) is 0 Å². The fraction of sp³-hybridized carbons (Fsp3) is 0.500. The SMILES string of the molecule is COC(C)CN(C)Cc1cccnc1C(=N)N. The van der Waals surface area contributed by atoms with Crippen LogP contribution in [0.2, 0.25) is 0 Å². The summed E-state index contributed by atoms with van der Waals surface area (Å²) in [5, 5.41) is 7.47. The van der Waals surface area contributed by atoms with Crippen molar-refractivity contribution in [3.63, 3.8) is 0 Å². The maximum absolute atomic E-state index is 7.47. The van der Waals surface area contributed by atoms with Gasteiger partial charge < -0.3 is 10.5 Å². The second-order valence-electron chi connectivity index (χ2n) is 4.17. The van der Waals surface area contributed by atoms with Crippen molar-refractivity contribution in [2.24, 2.45) is 5.73 Å². The lowest BCUT2D eigenvalue weighted by Crippen LogP contribution is -2.29. The number of hydrogen-bond donors (Lipinski definition) is 2. The first-order chi connectivity index (χ1) is 8.04. The maximum atomic E-state index is 7.47. The topological polar surface area (TPSA) is 75.2 Å². The van der Waals surface area contributed by atoms with Crippen LogP contribution in [-0.4, -0.2) is 42.5 Å². The number of likely N-dealkylation sites (N-methyl/N-ethyl adjacent to an activating group) is 1. The zero-order chi connectivity index (χ0) is 12.8. The van der Waals surface area contributed by atoms with Gasteiger partial charge in [-0.1, -0.05) is 6.07 Å². The first kappa shape index (κ1) is 13.6. The van der Waals surface area contributed by atoms with Crippen LogP contribution in [0.1, 0.15) is 18.2 Å². The Morgan fingerprint density at radius 3 is 2.94 bits per heavy atom. The predicted octanol–water partition coefficient (Wildman–Crippen LogP) is 0.832. The Morgan fingerprint density at radius 2 is 2.35 bits per heavy atom. The van der Waals surface area contributed by atoms with Crippen molar-refractivity contribution >= 4 is 5.84 Å². The van der Waals surface area contributed by atoms with Gasteiger partial charge in [0.05, 0.1) is 6.10 Å². The average molecular weight is 236 g/mol. The van der Waals surface area contributed by atoms with Gasteiger partial charge in [-0.05, 0) is 25.6 Å². The van der Waals surface area contributed by atoms with E-state index < -0.39 is 0 Å². The lowest BCUT2D eigenvalue weighted by molar-refractivity contribution is 0.0836. The van der Waals surface area contributed by atoms with E-state index in [1.165, 1.54) is 0 Å². The summed E-state index contributed by atoms with van der Waals surface area (Å²) in [6.07, 6.45) is 1.83. The smallest absolute Gasteiger partial charge is 0.142 e. The van der Waals surface area contributed by atoms with Crippen LogP contribution in [-0.2, 0) is 11.3 Å². The third-order valence-electron chi connectivity index (χ3n) is 2.56. The number of nitrogens with zero attached hydrogens (tertiary/aromatic N) is 2. The summed E-state index contributed by atoms with van der Waals surface area (Å²) in [4.78, 5) is 6.25. The third-order valence-corrected chi connectivity index (χ3v) is 2.56. The highest BCUT2D eigenvalue weighted by atomic mass is 16.5. The van der Waals surface area contributed by atoms with E-state index in [0.717, 1.165) is 12.1 Å². The largest absolute Gasteiger partial charge is 0.382 e. The van der Waals surface area contributed by atoms with Crippen molar-refractivity contribution in [3.8, 4) is 0 Å². The summed E-state index contributed by atoms with van der Waals surface area (Å²) in [6.45, 7) is 3.55. The van der Waals surface area contributed by atoms with Crippen molar-refractivity contribution in [2.45, 2.75) is 19.6 Å². The summed E-state index contributed by atoms with van der Waals surface area (Å²) >= 11 is 0. The number of hydrogen-bond acceptors (Lipinski definition) is 4. The molecule has 94 valence electrons. The Hall–Kier alpha value is -1.46. The Labute approximate surface area is 102 Å². The van der Waals surface area contributed by atoms with E-state index in [0.29, 0.717) is 12.2 Å². The van der Waals surface area contributed by atoms with Crippen LogP contribution < -0.4 is 5.73 Å². The Balaban J connectivity index is 2.71. The second kappa shape index (κ2) is 6.32. The number of ether oxygens (including phenoxy) is 1. The highest BCUT2D eigenvalue weighted by Gasteiger charge is 2.10. The average Bonchev–Trinajstić information content (AvgIpc) is 2.29. The van der Waals surface area contributed by atoms with Gasteiger partial charge in [-0.3, -0.25) is 15.3 Å². The molecule has 0 spiro atoms. The van der Waals surface area contributed by atoms with Crippen LogP contribution >= 0.6 is 0 Å². The molecule has 0 radical (unpaired) electrons. The first-order valence-electron chi connectivity index (χ1n) is 5.54. The van der Waals surface area contributed by atoms with Crippen molar-refractivity contribution in [1.82, 2.24) is 9.88 Å². The van der Waals surface area contributed by atoms with E-state index in [4.69, 9.17) is 15.9 Å². The second-order valence-corrected chi connectivity index (χ2v) is 4.17. The number of aromatic nitrogens is 1. The highest BCUT2D eigenvalue weighted by Crippen LogP contribution is 2.08. The quantitative estimate of drug-likeness (QED) is 0.566. The first-order valence-corrected chi connectivity index (χ1v) is 5.54. The van der Waals surface area contributed by atoms with Crippen molar-refractivity contribution in [2.75, 3.05) is 20.7 Å². The fourth-order valence-corrected chi connectivity index (χ4v) is 1.68. The highest BCUT2D eigenvalue weighted by molar-refractivity contribution is 5.94. The van der Waals surface area contributed by atoms with Gasteiger partial charge in [0.2, 0.25) is 0 Å². The number of nitrogens with one attached hydrogen (secondary N) is 1. The molecule has 5 nitrogen and oxygen atoms in total. The molecule has 1 unspecified atom stereocenters. The minimum atomic E-state index is 0.00814. The molecule has 0 bridgehead atoms. The molecule has 1 heterocycles. The lowest BCUT2D eigenvalue weighted by Gasteiger charge is -2.21. The molecule has 0 saturated heterocycles. The molecule has 0 aliphatic carbocycles. The van der Waals surface area contributed by atoms with Crippen LogP contribution in [0.3, 0.4) is 0 Å². The Bertz CT molecular complexity index is 381. The van der Waals surface area contributed by atoms with Crippen molar-refractivity contribution in [1.29, 1.82) is 5.41 Å². The summed E-state index contributed by atoms with van der Waals surface area (Å²) < 4.78 is 5.21. The number of nitrogens with two attached hydrogens (primary N) is 1. The van der Waals surface area contributed by atoms with Gasteiger partial charge in [-0.25, -0.2) is 0 Å². The van der Waals surface area contributed by atoms with E-state index in [-0.39, 0.29) is 11.9 Å². The monoisotopic (exact) mass is 236 g/mol. The van der Waals surface area contributed by atoms with Gasteiger partial charge in [-0.15, -0.1) is 0 Å². The van der Waals surface area contributed by atoms with E-state index in [1.54, 1.807) is 13.3 Å². The summed E-state index contributed by atoms with van der Waals surface area (Å²) in [5.74, 6) is 0.00814. The van der Waals surface area contributed by atoms with Crippen LogP contribution in [0, 0.1) is 5.41 Å². The number of pyridine rings is 1. The lowest BCUT2D eigenvalue weighted by atomic mass is 10.1. The van der Waals surface area contributed by atoms with Gasteiger partial charge in [-0.2, -0.15) is 0 Å². The van der Waals surface area contributed by atoms with Gasteiger partial charge >= 0.3 is 0 Å². The molecule has 0 aliphatic heterocycles. The molecule has 1 aromatic rings. The van der Waals surface area contributed by atoms with Crippen LogP contribution in [0.25, 0.3) is 0 Å². The standard InChI is InChI=1S/C12H20N4O/c1-9(17-3)7-16(2)8-10-5-4-6-15-11(10)12(13)14/h4-6,9H,7-8H2,1-3H3,(H3,13,14). The number of amidine groups is 1. The minimum Gasteiger partial charge on any atom is -0.382 e. The molecule has 3 N–H and O–H groups in total. The van der Waals surface area contributed by atoms with Gasteiger partial charge in [0.25, 0.3) is 0 Å². The normalized spacial score (nSPS) is 12.7. The van der Waals surface area contributed by atoms with E-state index >= 15 is 0 Å². The van der Waals surface area contributed by atoms with Gasteiger partial charge in [0, 0.05) is 26.4 Å². The van der Waals surface area contributed by atoms with Crippen LogP contribution in [0.4, 0.5) is 0 Å². The van der Waals surface area contributed by atoms with Crippen LogP contribution in [0.15, 0.2) is 18.3 Å². The molecule has 0 amide bonds. The van der Waals surface area contributed by atoms with Gasteiger partial charge in [0.1, 0.15) is 11.5 Å². The van der Waals surface area contributed by atoms with E-state index in [1.807, 2.05) is 26.1 Å². The molecule has 1 rings (SSSR count). The van der Waals surface area contributed by atoms with E-state index in [2.05, 4.69) is 9.88 Å². The fourth-order valence-electron chi connectivity index (χ4n) is 1.68.